The molecule has 0 saturated heterocycles. The molecule has 0 bridgehead atoms. The lowest BCUT2D eigenvalue weighted by Gasteiger charge is -2.31. The number of imidazole rings is 1. The van der Waals surface area contributed by atoms with Gasteiger partial charge in [0.1, 0.15) is 18.0 Å². The van der Waals surface area contributed by atoms with Crippen LogP contribution in [0.15, 0.2) is 42.7 Å². The number of aliphatic hydroxyl groups is 1. The molecule has 3 heterocycles. The minimum Gasteiger partial charge on any atom is -0.395 e. The van der Waals surface area contributed by atoms with Crippen molar-refractivity contribution >= 4 is 33.4 Å². The Hall–Kier alpha value is -2.99. The molecule has 0 fully saturated rings. The van der Waals surface area contributed by atoms with Crippen molar-refractivity contribution in [1.82, 2.24) is 19.5 Å². The number of fused-ring (bicyclic) bond motifs is 3. The lowest BCUT2D eigenvalue weighted by molar-refractivity contribution is 0.276. The second-order valence-electron chi connectivity index (χ2n) is 6.97. The lowest BCUT2D eigenvalue weighted by Crippen LogP contribution is -2.25. The summed E-state index contributed by atoms with van der Waals surface area (Å²) in [5, 5.41) is 10.4. The number of hydrogen-bond acceptors (Lipinski definition) is 5. The average molecular weight is 359 g/mol. The molecule has 6 heteroatoms. The van der Waals surface area contributed by atoms with Crippen molar-refractivity contribution in [2.45, 2.75) is 26.3 Å². The normalized spacial score (nSPS) is 14.1. The van der Waals surface area contributed by atoms with Crippen molar-refractivity contribution in [3.63, 3.8) is 0 Å². The number of para-hydroxylation sites is 1. The van der Waals surface area contributed by atoms with Gasteiger partial charge < -0.3 is 14.6 Å². The summed E-state index contributed by atoms with van der Waals surface area (Å²) in [7, 11) is 0. The molecule has 27 heavy (non-hydrogen) atoms. The third-order valence-corrected chi connectivity index (χ3v) is 5.36. The highest BCUT2D eigenvalue weighted by molar-refractivity contribution is 6.00. The topological polar surface area (TPSA) is 67.1 Å². The zero-order valence-electron chi connectivity index (χ0n) is 15.3. The Bertz CT molecular complexity index is 1150. The van der Waals surface area contributed by atoms with Gasteiger partial charge in [0.15, 0.2) is 0 Å². The van der Waals surface area contributed by atoms with Gasteiger partial charge >= 0.3 is 0 Å². The molecule has 1 N–H and O–H groups in total. The van der Waals surface area contributed by atoms with Gasteiger partial charge in [-0.15, -0.1) is 0 Å². The van der Waals surface area contributed by atoms with Crippen LogP contribution >= 0.6 is 0 Å². The molecule has 0 radical (unpaired) electrons. The fourth-order valence-corrected chi connectivity index (χ4v) is 4.13. The van der Waals surface area contributed by atoms with E-state index in [1.165, 1.54) is 11.3 Å². The quantitative estimate of drug-likeness (QED) is 0.607. The van der Waals surface area contributed by atoms with E-state index >= 15 is 0 Å². The van der Waals surface area contributed by atoms with Gasteiger partial charge in [0.2, 0.25) is 0 Å². The third kappa shape index (κ3) is 2.56. The van der Waals surface area contributed by atoms with Crippen LogP contribution in [-0.2, 0) is 13.0 Å². The number of hydrogen-bond donors (Lipinski definition) is 1. The van der Waals surface area contributed by atoms with Gasteiger partial charge in [0.05, 0.1) is 23.2 Å². The zero-order valence-corrected chi connectivity index (χ0v) is 15.3. The molecule has 136 valence electrons. The van der Waals surface area contributed by atoms with Crippen LogP contribution in [-0.4, -0.2) is 37.8 Å². The van der Waals surface area contributed by atoms with Crippen molar-refractivity contribution in [2.75, 3.05) is 18.1 Å². The molecule has 1 aliphatic rings. The Morgan fingerprint density at radius 1 is 1.11 bits per heavy atom. The van der Waals surface area contributed by atoms with Crippen LogP contribution in [0, 0.1) is 6.92 Å². The van der Waals surface area contributed by atoms with E-state index in [2.05, 4.69) is 51.3 Å². The number of aryl methyl sites for hydroxylation is 2. The van der Waals surface area contributed by atoms with E-state index in [4.69, 9.17) is 4.98 Å². The summed E-state index contributed by atoms with van der Waals surface area (Å²) in [5.74, 6) is 1.83. The van der Waals surface area contributed by atoms with E-state index in [9.17, 15) is 5.11 Å². The SMILES string of the molecule is Cc1nc2cc3c(N4CCCc5ccccc54)ncnc3cc2n1CCO. The summed E-state index contributed by atoms with van der Waals surface area (Å²) in [4.78, 5) is 16.1. The Balaban J connectivity index is 1.73. The Morgan fingerprint density at radius 3 is 2.89 bits per heavy atom. The summed E-state index contributed by atoms with van der Waals surface area (Å²) in [6.07, 6.45) is 3.85. The van der Waals surface area contributed by atoms with E-state index in [0.717, 1.165) is 53.0 Å². The second kappa shape index (κ2) is 6.32. The molecule has 0 unspecified atom stereocenters. The minimum absolute atomic E-state index is 0.0872. The van der Waals surface area contributed by atoms with E-state index in [1.54, 1.807) is 6.33 Å². The number of rotatable bonds is 3. The summed E-state index contributed by atoms with van der Waals surface area (Å²) in [6.45, 7) is 3.53. The van der Waals surface area contributed by atoms with Crippen LogP contribution in [0.5, 0.6) is 0 Å². The zero-order chi connectivity index (χ0) is 18.4. The Labute approximate surface area is 157 Å². The highest BCUT2D eigenvalue weighted by atomic mass is 16.3. The fraction of sp³-hybridized carbons (Fsp3) is 0.286. The van der Waals surface area contributed by atoms with Crippen molar-refractivity contribution in [2.24, 2.45) is 0 Å². The van der Waals surface area contributed by atoms with Gasteiger partial charge in [-0.05, 0) is 43.5 Å². The maximum atomic E-state index is 9.36. The van der Waals surface area contributed by atoms with Crippen LogP contribution in [0.25, 0.3) is 21.9 Å². The predicted octanol–water partition coefficient (Wildman–Crippen LogP) is 3.36. The summed E-state index contributed by atoms with van der Waals surface area (Å²) < 4.78 is 2.03. The molecular formula is C21H21N5O. The molecule has 2 aromatic heterocycles. The molecule has 0 spiro atoms. The van der Waals surface area contributed by atoms with Crippen LogP contribution < -0.4 is 4.90 Å². The van der Waals surface area contributed by atoms with Crippen molar-refractivity contribution in [3.05, 3.63) is 54.1 Å². The van der Waals surface area contributed by atoms with E-state index in [1.807, 2.05) is 11.5 Å². The van der Waals surface area contributed by atoms with Crippen LogP contribution in [0.2, 0.25) is 0 Å². The lowest BCUT2D eigenvalue weighted by atomic mass is 10.0. The number of aliphatic hydroxyl groups excluding tert-OH is 1. The number of benzene rings is 2. The highest BCUT2D eigenvalue weighted by Crippen LogP contribution is 2.36. The monoisotopic (exact) mass is 359 g/mol. The molecule has 0 aliphatic carbocycles. The summed E-state index contributed by atoms with van der Waals surface area (Å²) in [5.41, 5.74) is 5.40. The van der Waals surface area contributed by atoms with E-state index < -0.39 is 0 Å². The van der Waals surface area contributed by atoms with Crippen LogP contribution in [0.3, 0.4) is 0 Å². The first-order valence-corrected chi connectivity index (χ1v) is 9.34. The van der Waals surface area contributed by atoms with E-state index in [-0.39, 0.29) is 6.61 Å². The maximum absolute atomic E-state index is 9.36. The van der Waals surface area contributed by atoms with Crippen LogP contribution in [0.4, 0.5) is 11.5 Å². The number of nitrogens with zero attached hydrogens (tertiary/aromatic N) is 5. The Kier molecular flexibility index (Phi) is 3.79. The van der Waals surface area contributed by atoms with Gasteiger partial charge in [-0.25, -0.2) is 15.0 Å². The predicted molar refractivity (Wildman–Crippen MR) is 106 cm³/mol. The molecule has 0 saturated carbocycles. The van der Waals surface area contributed by atoms with Crippen molar-refractivity contribution < 1.29 is 5.11 Å². The first kappa shape index (κ1) is 16.2. The second-order valence-corrected chi connectivity index (χ2v) is 6.97. The highest BCUT2D eigenvalue weighted by Gasteiger charge is 2.21. The molecule has 6 nitrogen and oxygen atoms in total. The Morgan fingerprint density at radius 2 is 2.00 bits per heavy atom. The van der Waals surface area contributed by atoms with Gasteiger partial charge in [-0.3, -0.25) is 0 Å². The van der Waals surface area contributed by atoms with Gasteiger partial charge in [-0.1, -0.05) is 18.2 Å². The van der Waals surface area contributed by atoms with Gasteiger partial charge in [-0.2, -0.15) is 0 Å². The molecule has 0 atom stereocenters. The first-order valence-electron chi connectivity index (χ1n) is 9.34. The number of aromatic nitrogens is 4. The maximum Gasteiger partial charge on any atom is 0.144 e. The fourth-order valence-electron chi connectivity index (χ4n) is 4.13. The third-order valence-electron chi connectivity index (χ3n) is 5.36. The molecule has 5 rings (SSSR count). The smallest absolute Gasteiger partial charge is 0.144 e. The van der Waals surface area contributed by atoms with Crippen molar-refractivity contribution in [1.29, 1.82) is 0 Å². The largest absolute Gasteiger partial charge is 0.395 e. The molecule has 1 aliphatic heterocycles. The van der Waals surface area contributed by atoms with Crippen LogP contribution in [0.1, 0.15) is 17.8 Å². The molecule has 2 aromatic carbocycles. The average Bonchev–Trinajstić information content (AvgIpc) is 3.00. The van der Waals surface area contributed by atoms with E-state index in [0.29, 0.717) is 6.54 Å². The number of anilines is 2. The molecule has 4 aromatic rings. The molecule has 0 amide bonds. The summed E-state index contributed by atoms with van der Waals surface area (Å²) >= 11 is 0. The summed E-state index contributed by atoms with van der Waals surface area (Å²) in [6, 6.07) is 12.7. The molecular weight excluding hydrogens is 338 g/mol. The minimum atomic E-state index is 0.0872. The standard InChI is InChI=1S/C21H21N5O/c1-14-24-18-11-16-17(12-20(18)25(14)9-10-27)22-13-23-21(16)26-8-4-6-15-5-2-3-7-19(15)26/h2-3,5,7,11-13,27H,4,6,8-10H2,1H3. The van der Waals surface area contributed by atoms with Gasteiger partial charge in [0.25, 0.3) is 0 Å². The van der Waals surface area contributed by atoms with Gasteiger partial charge in [0, 0.05) is 24.2 Å². The first-order chi connectivity index (χ1) is 13.3. The van der Waals surface area contributed by atoms with Crippen molar-refractivity contribution in [3.8, 4) is 0 Å².